The second-order valence-corrected chi connectivity index (χ2v) is 6.74. The van der Waals surface area contributed by atoms with Gasteiger partial charge in [0.2, 0.25) is 11.0 Å². The number of para-hydroxylation sites is 1. The SMILES string of the molecule is COc1cccc(/C=C/C(=O)Nc2nnc(CC(C)C)s2)c1OC(F)F. The molecule has 2 rings (SSSR count). The number of hydrogen-bond donors (Lipinski definition) is 1. The van der Waals surface area contributed by atoms with Gasteiger partial charge in [-0.05, 0) is 18.1 Å². The topological polar surface area (TPSA) is 73.3 Å². The third-order valence-corrected chi connectivity index (χ3v) is 3.99. The molecule has 1 aromatic heterocycles. The average molecular weight is 383 g/mol. The van der Waals surface area contributed by atoms with Gasteiger partial charge in [-0.3, -0.25) is 10.1 Å². The molecule has 2 aromatic rings. The predicted octanol–water partition coefficient (Wildman–Crippen LogP) is 4.00. The van der Waals surface area contributed by atoms with Crippen LogP contribution in [-0.2, 0) is 11.2 Å². The van der Waals surface area contributed by atoms with Crippen molar-refractivity contribution < 1.29 is 23.0 Å². The lowest BCUT2D eigenvalue weighted by Crippen LogP contribution is -2.08. The molecule has 0 spiro atoms. The van der Waals surface area contributed by atoms with Gasteiger partial charge in [-0.25, -0.2) is 0 Å². The van der Waals surface area contributed by atoms with Crippen molar-refractivity contribution in [3.05, 3.63) is 34.8 Å². The number of hydrogen-bond acceptors (Lipinski definition) is 6. The molecule has 1 heterocycles. The number of aromatic nitrogens is 2. The maximum Gasteiger partial charge on any atom is 0.387 e. The Kier molecular flexibility index (Phi) is 7.02. The molecule has 0 aliphatic rings. The van der Waals surface area contributed by atoms with E-state index in [1.54, 1.807) is 6.07 Å². The minimum absolute atomic E-state index is 0.135. The third-order valence-electron chi connectivity index (χ3n) is 3.13. The summed E-state index contributed by atoms with van der Waals surface area (Å²) in [5.41, 5.74) is 0.289. The number of carbonyl (C=O) groups excluding carboxylic acids is 1. The van der Waals surface area contributed by atoms with Gasteiger partial charge in [0, 0.05) is 18.1 Å². The molecule has 6 nitrogen and oxygen atoms in total. The van der Waals surface area contributed by atoms with Crippen molar-refractivity contribution in [3.8, 4) is 11.5 Å². The Morgan fingerprint density at radius 3 is 2.77 bits per heavy atom. The minimum atomic E-state index is -3.01. The first-order valence-electron chi connectivity index (χ1n) is 7.82. The number of methoxy groups -OCH3 is 1. The van der Waals surface area contributed by atoms with Gasteiger partial charge in [0.25, 0.3) is 0 Å². The number of alkyl halides is 2. The van der Waals surface area contributed by atoms with Crippen LogP contribution in [0.3, 0.4) is 0 Å². The molecule has 0 bridgehead atoms. The van der Waals surface area contributed by atoms with Crippen molar-refractivity contribution in [1.82, 2.24) is 10.2 Å². The lowest BCUT2D eigenvalue weighted by Gasteiger charge is -2.12. The van der Waals surface area contributed by atoms with Crippen LogP contribution in [0.1, 0.15) is 24.4 Å². The standard InChI is InChI=1S/C17H19F2N3O3S/c1-10(2)9-14-21-22-17(26-14)20-13(23)8-7-11-5-4-6-12(24-3)15(11)25-16(18)19/h4-8,10,16H,9H2,1-3H3,(H,20,22,23)/b8-7+. The van der Waals surface area contributed by atoms with Crippen molar-refractivity contribution in [3.63, 3.8) is 0 Å². The van der Waals surface area contributed by atoms with E-state index < -0.39 is 12.5 Å². The van der Waals surface area contributed by atoms with E-state index in [-0.39, 0.29) is 17.1 Å². The molecule has 0 unspecified atom stereocenters. The van der Waals surface area contributed by atoms with Crippen molar-refractivity contribution >= 4 is 28.5 Å². The number of rotatable bonds is 8. The fourth-order valence-corrected chi connectivity index (χ4v) is 3.04. The summed E-state index contributed by atoms with van der Waals surface area (Å²) in [7, 11) is 1.35. The molecule has 26 heavy (non-hydrogen) atoms. The molecule has 140 valence electrons. The zero-order valence-electron chi connectivity index (χ0n) is 14.5. The van der Waals surface area contributed by atoms with Gasteiger partial charge in [-0.1, -0.05) is 37.3 Å². The fourth-order valence-electron chi connectivity index (χ4n) is 2.09. The highest BCUT2D eigenvalue weighted by molar-refractivity contribution is 7.15. The molecule has 1 amide bonds. The summed E-state index contributed by atoms with van der Waals surface area (Å²) in [4.78, 5) is 12.0. The summed E-state index contributed by atoms with van der Waals surface area (Å²) in [6, 6.07) is 4.64. The van der Waals surface area contributed by atoms with Crippen LogP contribution in [-0.4, -0.2) is 29.8 Å². The number of nitrogens with zero attached hydrogens (tertiary/aromatic N) is 2. The molecule has 0 fully saturated rings. The zero-order chi connectivity index (χ0) is 19.1. The average Bonchev–Trinajstić information content (AvgIpc) is 2.99. The second-order valence-electron chi connectivity index (χ2n) is 5.68. The third kappa shape index (κ3) is 5.76. The Balaban J connectivity index is 2.09. The molecule has 0 radical (unpaired) electrons. The number of halogens is 2. The fraction of sp³-hybridized carbons (Fsp3) is 0.353. The molecular weight excluding hydrogens is 364 g/mol. The van der Waals surface area contributed by atoms with E-state index in [2.05, 4.69) is 34.1 Å². The largest absolute Gasteiger partial charge is 0.493 e. The molecule has 0 saturated heterocycles. The monoisotopic (exact) mass is 383 g/mol. The van der Waals surface area contributed by atoms with Gasteiger partial charge >= 0.3 is 6.61 Å². The molecule has 1 N–H and O–H groups in total. The van der Waals surface area contributed by atoms with Crippen LogP contribution < -0.4 is 14.8 Å². The summed E-state index contributed by atoms with van der Waals surface area (Å²) in [6.07, 6.45) is 3.35. The highest BCUT2D eigenvalue weighted by Crippen LogP contribution is 2.33. The summed E-state index contributed by atoms with van der Waals surface area (Å²) in [6.45, 7) is 1.12. The van der Waals surface area contributed by atoms with Crippen molar-refractivity contribution in [2.75, 3.05) is 12.4 Å². The summed E-state index contributed by atoms with van der Waals surface area (Å²) in [5, 5.41) is 11.7. The first-order chi connectivity index (χ1) is 12.4. The number of amides is 1. The highest BCUT2D eigenvalue weighted by Gasteiger charge is 2.14. The van der Waals surface area contributed by atoms with Crippen molar-refractivity contribution in [2.45, 2.75) is 26.9 Å². The molecule has 0 aliphatic carbocycles. The maximum atomic E-state index is 12.6. The van der Waals surface area contributed by atoms with Crippen molar-refractivity contribution in [1.29, 1.82) is 0 Å². The quantitative estimate of drug-likeness (QED) is 0.698. The number of nitrogens with one attached hydrogen (secondary N) is 1. The number of carbonyl (C=O) groups is 1. The predicted molar refractivity (Wildman–Crippen MR) is 95.7 cm³/mol. The molecule has 0 saturated carbocycles. The summed E-state index contributed by atoms with van der Waals surface area (Å²) < 4.78 is 34.7. The first kappa shape index (κ1) is 19.8. The van der Waals surface area contributed by atoms with Crippen LogP contribution in [0.2, 0.25) is 0 Å². The lowest BCUT2D eigenvalue weighted by atomic mass is 10.1. The lowest BCUT2D eigenvalue weighted by molar-refractivity contribution is -0.111. The Morgan fingerprint density at radius 2 is 2.12 bits per heavy atom. The number of anilines is 1. The second kappa shape index (κ2) is 9.23. The van der Waals surface area contributed by atoms with E-state index in [0.717, 1.165) is 11.4 Å². The normalized spacial score (nSPS) is 11.3. The molecule has 1 aromatic carbocycles. The zero-order valence-corrected chi connectivity index (χ0v) is 15.3. The van der Waals surface area contributed by atoms with Crippen LogP contribution in [0, 0.1) is 5.92 Å². The smallest absolute Gasteiger partial charge is 0.387 e. The Hall–Kier alpha value is -2.55. The highest BCUT2D eigenvalue weighted by atomic mass is 32.1. The van der Waals surface area contributed by atoms with Crippen LogP contribution >= 0.6 is 11.3 Å². The van der Waals surface area contributed by atoms with Gasteiger partial charge in [-0.15, -0.1) is 10.2 Å². The Labute approximate surface area is 153 Å². The Morgan fingerprint density at radius 1 is 1.35 bits per heavy atom. The summed E-state index contributed by atoms with van der Waals surface area (Å²) in [5.74, 6) is -0.00438. The van der Waals surface area contributed by atoms with Crippen LogP contribution in [0.4, 0.5) is 13.9 Å². The molecular formula is C17H19F2N3O3S. The van der Waals surface area contributed by atoms with E-state index in [9.17, 15) is 13.6 Å². The molecule has 9 heteroatoms. The van der Waals surface area contributed by atoms with Crippen molar-refractivity contribution in [2.24, 2.45) is 5.92 Å². The van der Waals surface area contributed by atoms with Crippen LogP contribution in [0.5, 0.6) is 11.5 Å². The molecule has 0 atom stereocenters. The van der Waals surface area contributed by atoms with Gasteiger partial charge in [0.05, 0.1) is 7.11 Å². The van der Waals surface area contributed by atoms with E-state index in [4.69, 9.17) is 4.74 Å². The van der Waals surface area contributed by atoms with Gasteiger partial charge in [0.15, 0.2) is 11.5 Å². The van der Waals surface area contributed by atoms with Crippen LogP contribution in [0.25, 0.3) is 6.08 Å². The van der Waals surface area contributed by atoms with Gasteiger partial charge < -0.3 is 9.47 Å². The Bertz CT molecular complexity index is 778. The van der Waals surface area contributed by atoms with E-state index >= 15 is 0 Å². The van der Waals surface area contributed by atoms with E-state index in [1.165, 1.54) is 42.7 Å². The maximum absolute atomic E-state index is 12.6. The van der Waals surface area contributed by atoms with Crippen LogP contribution in [0.15, 0.2) is 24.3 Å². The minimum Gasteiger partial charge on any atom is -0.493 e. The first-order valence-corrected chi connectivity index (χ1v) is 8.64. The number of ether oxygens (including phenoxy) is 2. The van der Waals surface area contributed by atoms with Gasteiger partial charge in [-0.2, -0.15) is 8.78 Å². The number of benzene rings is 1. The summed E-state index contributed by atoms with van der Waals surface area (Å²) >= 11 is 1.30. The van der Waals surface area contributed by atoms with E-state index in [0.29, 0.717) is 11.0 Å². The van der Waals surface area contributed by atoms with Gasteiger partial charge in [0.1, 0.15) is 5.01 Å². The molecule has 0 aliphatic heterocycles. The van der Waals surface area contributed by atoms with E-state index in [1.807, 2.05) is 0 Å².